The van der Waals surface area contributed by atoms with Crippen molar-refractivity contribution in [3.8, 4) is 5.82 Å². The van der Waals surface area contributed by atoms with E-state index in [4.69, 9.17) is 19.8 Å². The molecule has 45 heavy (non-hydrogen) atoms. The van der Waals surface area contributed by atoms with Crippen molar-refractivity contribution in [2.75, 3.05) is 38.6 Å². The van der Waals surface area contributed by atoms with Crippen LogP contribution in [0.1, 0.15) is 22.6 Å². The molecule has 0 aromatic carbocycles. The van der Waals surface area contributed by atoms with Crippen molar-refractivity contribution >= 4 is 29.4 Å². The van der Waals surface area contributed by atoms with E-state index >= 15 is 0 Å². The van der Waals surface area contributed by atoms with Crippen LogP contribution in [-0.4, -0.2) is 104 Å². The number of carbonyl (C=O) groups is 4. The minimum atomic E-state index is -5.08. The molecule has 1 saturated heterocycles. The summed E-state index contributed by atoms with van der Waals surface area (Å²) in [5.74, 6) is -4.80. The Kier molecular flexibility index (Phi) is 10.1. The van der Waals surface area contributed by atoms with Gasteiger partial charge in [-0.2, -0.15) is 26.3 Å². The van der Waals surface area contributed by atoms with Crippen molar-refractivity contribution in [3.05, 3.63) is 72.4 Å². The van der Waals surface area contributed by atoms with Crippen LogP contribution in [0.3, 0.4) is 0 Å². The first-order valence-corrected chi connectivity index (χ1v) is 12.8. The number of likely N-dealkylation sites (tertiary alicyclic amines) is 1. The molecule has 242 valence electrons. The second-order valence-corrected chi connectivity index (χ2v) is 9.81. The first kappa shape index (κ1) is 34.3. The van der Waals surface area contributed by atoms with Gasteiger partial charge in [-0.25, -0.2) is 14.6 Å². The summed E-state index contributed by atoms with van der Waals surface area (Å²) < 4.78 is 65.6. The second-order valence-electron chi connectivity index (χ2n) is 9.81. The summed E-state index contributed by atoms with van der Waals surface area (Å²) >= 11 is 0. The maximum Gasteiger partial charge on any atom is 0.490 e. The monoisotopic (exact) mass is 644 g/mol. The molecule has 12 nitrogen and oxygen atoms in total. The van der Waals surface area contributed by atoms with E-state index in [1.165, 1.54) is 0 Å². The molecule has 0 aliphatic carbocycles. The van der Waals surface area contributed by atoms with Crippen molar-refractivity contribution in [2.45, 2.75) is 24.3 Å². The molecule has 1 unspecified atom stereocenters. The van der Waals surface area contributed by atoms with Gasteiger partial charge in [-0.05, 0) is 42.8 Å². The van der Waals surface area contributed by atoms with Crippen LogP contribution < -0.4 is 4.90 Å². The molecule has 5 heterocycles. The first-order valence-electron chi connectivity index (χ1n) is 12.8. The standard InChI is InChI=1S/C23H24N6O2.2C2HF3O2/c1-26(2)20(30)15-29-18-8-5-12-25-21(18)28-13-6-9-19(28)23(29)10-14-27(16-23)22(31)17-7-3-4-11-24-17;2*3-2(4,5)1(6)7/h3-9,11-13H,10,14-16H2,1-2H3;2*(H,6,7). The lowest BCUT2D eigenvalue weighted by Gasteiger charge is -2.46. The summed E-state index contributed by atoms with van der Waals surface area (Å²) in [5, 5.41) is 14.2. The largest absolute Gasteiger partial charge is 0.490 e. The predicted molar refractivity (Wildman–Crippen MR) is 143 cm³/mol. The molecule has 1 spiro atoms. The number of amides is 2. The van der Waals surface area contributed by atoms with Gasteiger partial charge in [0.2, 0.25) is 5.91 Å². The van der Waals surface area contributed by atoms with E-state index in [-0.39, 0.29) is 18.4 Å². The third kappa shape index (κ3) is 7.68. The van der Waals surface area contributed by atoms with E-state index in [2.05, 4.69) is 25.5 Å². The highest BCUT2D eigenvalue weighted by Gasteiger charge is 2.51. The molecule has 1 fully saturated rings. The fourth-order valence-electron chi connectivity index (χ4n) is 4.66. The summed E-state index contributed by atoms with van der Waals surface area (Å²) in [4.78, 5) is 58.2. The molecule has 2 aliphatic rings. The van der Waals surface area contributed by atoms with Crippen LogP contribution in [0.2, 0.25) is 0 Å². The number of halogens is 6. The normalized spacial score (nSPS) is 16.8. The van der Waals surface area contributed by atoms with Gasteiger partial charge < -0.3 is 29.5 Å². The van der Waals surface area contributed by atoms with Gasteiger partial charge >= 0.3 is 24.3 Å². The zero-order valence-corrected chi connectivity index (χ0v) is 23.6. The average molecular weight is 645 g/mol. The van der Waals surface area contributed by atoms with Crippen LogP contribution in [0.5, 0.6) is 0 Å². The number of anilines is 1. The lowest BCUT2D eigenvalue weighted by atomic mass is 9.88. The molecule has 2 aliphatic heterocycles. The Bertz CT molecular complexity index is 1520. The number of aliphatic carboxylic acids is 2. The summed E-state index contributed by atoms with van der Waals surface area (Å²) in [6.07, 6.45) is -4.06. The van der Waals surface area contributed by atoms with Crippen LogP contribution in [0, 0.1) is 0 Å². The van der Waals surface area contributed by atoms with E-state index < -0.39 is 29.8 Å². The van der Waals surface area contributed by atoms with Gasteiger partial charge in [-0.15, -0.1) is 0 Å². The number of pyridine rings is 2. The van der Waals surface area contributed by atoms with Crippen molar-refractivity contribution in [1.29, 1.82) is 0 Å². The summed E-state index contributed by atoms with van der Waals surface area (Å²) in [7, 11) is 3.52. The number of likely N-dealkylation sites (N-methyl/N-ethyl adjacent to an activating group) is 1. The van der Waals surface area contributed by atoms with E-state index in [0.717, 1.165) is 17.2 Å². The van der Waals surface area contributed by atoms with Gasteiger partial charge in [0.15, 0.2) is 5.82 Å². The number of carboxylic acids is 2. The lowest BCUT2D eigenvalue weighted by molar-refractivity contribution is -0.193. The minimum Gasteiger partial charge on any atom is -0.475 e. The maximum absolute atomic E-state index is 13.2. The fraction of sp³-hybridized carbons (Fsp3) is 0.333. The SMILES string of the molecule is CN(C)C(=O)CN1c2cccnc2-n2cccc2C12CCN(C(=O)c1ccccn1)C2.O=C(O)C(F)(F)F.O=C(O)C(F)(F)F. The number of fused-ring (bicyclic) bond motifs is 4. The van der Waals surface area contributed by atoms with Crippen LogP contribution >= 0.6 is 0 Å². The van der Waals surface area contributed by atoms with E-state index in [1.807, 2.05) is 35.4 Å². The Morgan fingerprint density at radius 3 is 2.02 bits per heavy atom. The van der Waals surface area contributed by atoms with Crippen LogP contribution in [0.25, 0.3) is 5.82 Å². The highest BCUT2D eigenvalue weighted by atomic mass is 19.4. The minimum absolute atomic E-state index is 0.00341. The molecular formula is C27H26F6N6O6. The van der Waals surface area contributed by atoms with Gasteiger partial charge in [-0.1, -0.05) is 6.07 Å². The molecule has 18 heteroatoms. The molecule has 2 amide bonds. The number of hydrogen-bond donors (Lipinski definition) is 2. The number of nitrogens with zero attached hydrogens (tertiary/aromatic N) is 6. The summed E-state index contributed by atoms with van der Waals surface area (Å²) in [6.45, 7) is 1.27. The van der Waals surface area contributed by atoms with Crippen molar-refractivity contribution < 1.29 is 55.7 Å². The number of carboxylic acid groups (broad SMARTS) is 2. The van der Waals surface area contributed by atoms with Crippen molar-refractivity contribution in [1.82, 2.24) is 24.3 Å². The molecule has 3 aromatic heterocycles. The van der Waals surface area contributed by atoms with Gasteiger partial charge in [0.1, 0.15) is 11.2 Å². The number of rotatable bonds is 3. The molecule has 0 saturated carbocycles. The Hall–Kier alpha value is -5.16. The molecule has 1 atom stereocenters. The average Bonchev–Trinajstić information content (AvgIpc) is 3.64. The van der Waals surface area contributed by atoms with Crippen LogP contribution in [-0.2, 0) is 19.9 Å². The maximum atomic E-state index is 13.2. The summed E-state index contributed by atoms with van der Waals surface area (Å²) in [5.41, 5.74) is 1.86. The van der Waals surface area contributed by atoms with Crippen molar-refractivity contribution in [2.24, 2.45) is 0 Å². The number of carbonyl (C=O) groups excluding carboxylic acids is 2. The Morgan fingerprint density at radius 1 is 0.889 bits per heavy atom. The van der Waals surface area contributed by atoms with Gasteiger partial charge in [0.05, 0.1) is 17.9 Å². The van der Waals surface area contributed by atoms with Crippen LogP contribution in [0.15, 0.2) is 61.1 Å². The highest BCUT2D eigenvalue weighted by Crippen LogP contribution is 2.47. The molecule has 5 rings (SSSR count). The quantitative estimate of drug-likeness (QED) is 0.410. The first-order chi connectivity index (χ1) is 20.9. The molecule has 0 radical (unpaired) electrons. The van der Waals surface area contributed by atoms with Gasteiger partial charge in [0, 0.05) is 45.8 Å². The topological polar surface area (TPSA) is 149 Å². The zero-order chi connectivity index (χ0) is 33.7. The third-order valence-corrected chi connectivity index (χ3v) is 6.72. The van der Waals surface area contributed by atoms with Gasteiger partial charge in [0.25, 0.3) is 5.91 Å². The second kappa shape index (κ2) is 13.2. The molecule has 2 N–H and O–H groups in total. The van der Waals surface area contributed by atoms with Gasteiger partial charge in [-0.3, -0.25) is 14.6 Å². The third-order valence-electron chi connectivity index (χ3n) is 6.72. The Balaban J connectivity index is 0.000000331. The lowest BCUT2D eigenvalue weighted by Crippen LogP contribution is -2.55. The highest BCUT2D eigenvalue weighted by molar-refractivity contribution is 5.93. The predicted octanol–water partition coefficient (Wildman–Crippen LogP) is 3.18. The van der Waals surface area contributed by atoms with E-state index in [1.54, 1.807) is 43.5 Å². The smallest absolute Gasteiger partial charge is 0.475 e. The number of aromatic nitrogens is 3. The van der Waals surface area contributed by atoms with E-state index in [9.17, 15) is 35.9 Å². The number of alkyl halides is 6. The molecule has 3 aromatic rings. The molecule has 0 bridgehead atoms. The molecular weight excluding hydrogens is 618 g/mol. The van der Waals surface area contributed by atoms with E-state index in [0.29, 0.717) is 25.2 Å². The van der Waals surface area contributed by atoms with Crippen molar-refractivity contribution in [3.63, 3.8) is 0 Å². The fourth-order valence-corrected chi connectivity index (χ4v) is 4.66. The Morgan fingerprint density at radius 2 is 1.49 bits per heavy atom. The Labute approximate surface area is 251 Å². The number of hydrogen-bond acceptors (Lipinski definition) is 7. The zero-order valence-electron chi connectivity index (χ0n) is 23.6. The summed E-state index contributed by atoms with van der Waals surface area (Å²) in [6, 6.07) is 13.3. The van der Waals surface area contributed by atoms with Crippen LogP contribution in [0.4, 0.5) is 32.0 Å².